The van der Waals surface area contributed by atoms with Gasteiger partial charge >= 0.3 is 5.97 Å². The molecule has 458 valence electrons. The lowest BCUT2D eigenvalue weighted by atomic mass is 10.0. The molecule has 0 spiro atoms. The predicted octanol–water partition coefficient (Wildman–Crippen LogP) is 22.8. The number of carbonyl (C=O) groups is 2. The summed E-state index contributed by atoms with van der Waals surface area (Å²) in [6.07, 6.45) is 83.3. The van der Waals surface area contributed by atoms with Gasteiger partial charge in [-0.3, -0.25) is 9.59 Å². The lowest BCUT2D eigenvalue weighted by Gasteiger charge is -2.20. The van der Waals surface area contributed by atoms with Crippen molar-refractivity contribution in [1.29, 1.82) is 0 Å². The van der Waals surface area contributed by atoms with Gasteiger partial charge in [0.1, 0.15) is 0 Å². The van der Waals surface area contributed by atoms with Crippen LogP contribution in [0, 0.1) is 0 Å². The van der Waals surface area contributed by atoms with Crippen molar-refractivity contribution >= 4 is 11.9 Å². The molecule has 0 aromatic carbocycles. The summed E-state index contributed by atoms with van der Waals surface area (Å²) in [5, 5.41) is 23.0. The summed E-state index contributed by atoms with van der Waals surface area (Å²) in [5.41, 5.74) is 0. The van der Waals surface area contributed by atoms with Crippen LogP contribution in [0.1, 0.15) is 406 Å². The number of allylic oxidation sites excluding steroid dienone is 1. The van der Waals surface area contributed by atoms with E-state index in [1.54, 1.807) is 6.08 Å². The van der Waals surface area contributed by atoms with Gasteiger partial charge in [0.05, 0.1) is 25.4 Å². The van der Waals surface area contributed by atoms with Gasteiger partial charge in [0.15, 0.2) is 0 Å². The second-order valence-corrected chi connectivity index (χ2v) is 24.6. The van der Waals surface area contributed by atoms with E-state index in [0.717, 1.165) is 38.5 Å². The monoisotopic (exact) mass is 1090 g/mol. The normalized spacial score (nSPS) is 12.5. The molecule has 0 aromatic rings. The van der Waals surface area contributed by atoms with Gasteiger partial charge in [-0.25, -0.2) is 0 Å². The molecule has 0 heterocycles. The smallest absolute Gasteiger partial charge is 0.305 e. The van der Waals surface area contributed by atoms with Crippen molar-refractivity contribution in [1.82, 2.24) is 5.32 Å². The minimum Gasteiger partial charge on any atom is -0.466 e. The van der Waals surface area contributed by atoms with E-state index in [0.29, 0.717) is 19.4 Å². The van der Waals surface area contributed by atoms with Gasteiger partial charge in [0.2, 0.25) is 5.91 Å². The molecule has 0 saturated heterocycles. The van der Waals surface area contributed by atoms with Crippen molar-refractivity contribution in [3.8, 4) is 0 Å². The van der Waals surface area contributed by atoms with E-state index in [2.05, 4.69) is 19.2 Å². The molecule has 3 N–H and O–H groups in total. The van der Waals surface area contributed by atoms with Crippen molar-refractivity contribution < 1.29 is 24.5 Å². The molecule has 0 rings (SSSR count). The molecule has 6 nitrogen and oxygen atoms in total. The molecule has 2 unspecified atom stereocenters. The largest absolute Gasteiger partial charge is 0.466 e. The summed E-state index contributed by atoms with van der Waals surface area (Å²) in [5.74, 6) is -0.0368. The van der Waals surface area contributed by atoms with Gasteiger partial charge in [0, 0.05) is 12.8 Å². The van der Waals surface area contributed by atoms with E-state index in [1.165, 1.54) is 340 Å². The fourth-order valence-corrected chi connectivity index (χ4v) is 11.4. The number of aliphatic hydroxyl groups is 2. The van der Waals surface area contributed by atoms with Crippen LogP contribution in [0.25, 0.3) is 0 Å². The van der Waals surface area contributed by atoms with Crippen LogP contribution in [0.5, 0.6) is 0 Å². The fraction of sp³-hybridized carbons (Fsp3) is 0.944. The zero-order chi connectivity index (χ0) is 55.7. The Balaban J connectivity index is 3.27. The Bertz CT molecular complexity index is 1160. The average molecular weight is 1090 g/mol. The number of hydrogen-bond donors (Lipinski definition) is 3. The van der Waals surface area contributed by atoms with Crippen LogP contribution >= 0.6 is 0 Å². The molecule has 0 aliphatic rings. The number of esters is 1. The van der Waals surface area contributed by atoms with E-state index >= 15 is 0 Å². The molecular formula is C71H139NO5. The van der Waals surface area contributed by atoms with Gasteiger partial charge in [-0.15, -0.1) is 0 Å². The average Bonchev–Trinajstić information content (AvgIpc) is 3.43. The number of amides is 1. The van der Waals surface area contributed by atoms with Gasteiger partial charge < -0.3 is 20.3 Å². The van der Waals surface area contributed by atoms with Crippen molar-refractivity contribution in [2.24, 2.45) is 0 Å². The first-order valence-electron chi connectivity index (χ1n) is 35.5. The van der Waals surface area contributed by atoms with E-state index < -0.39 is 12.1 Å². The molecule has 0 aliphatic heterocycles. The summed E-state index contributed by atoms with van der Waals surface area (Å²) in [6, 6.07) is -0.621. The number of carbonyl (C=O) groups excluding carboxylic acids is 2. The SMILES string of the molecule is CCCCCCCCCC/C=C/C(O)C(CO)NC(=O)CCCCCCCCCCCCCCCCCCCCCCCCCCCCCCCCCCCCCCCOC(=O)CCCCCCCCCCCCCCC. The molecule has 0 bridgehead atoms. The standard InChI is InChI=1S/C71H139NO5/c1-3-5-7-9-11-13-15-41-45-49-53-57-61-65-71(76)77-66-62-58-54-50-46-43-40-38-36-34-32-30-28-26-24-22-20-18-16-17-19-21-23-25-27-29-31-33-35-37-39-42-44-48-52-56-60-64-70(75)72-68(67-73)69(74)63-59-55-51-47-14-12-10-8-6-4-2/h59,63,68-69,73-74H,3-58,60-62,64-67H2,1-2H3,(H,72,75)/b63-59+. The zero-order valence-corrected chi connectivity index (χ0v) is 52.5. The number of hydrogen-bond acceptors (Lipinski definition) is 5. The molecule has 0 aliphatic carbocycles. The first-order chi connectivity index (χ1) is 38.0. The second-order valence-electron chi connectivity index (χ2n) is 24.6. The number of unbranched alkanes of at least 4 members (excludes halogenated alkanes) is 56. The maximum absolute atomic E-state index is 12.4. The third-order valence-electron chi connectivity index (χ3n) is 16.8. The Labute approximate surface area is 482 Å². The third-order valence-corrected chi connectivity index (χ3v) is 16.8. The first-order valence-corrected chi connectivity index (χ1v) is 35.5. The Morgan fingerprint density at radius 3 is 0.883 bits per heavy atom. The third kappa shape index (κ3) is 63.6. The minimum atomic E-state index is -0.837. The van der Waals surface area contributed by atoms with Crippen LogP contribution in [-0.4, -0.2) is 47.4 Å². The zero-order valence-electron chi connectivity index (χ0n) is 52.5. The van der Waals surface area contributed by atoms with Crippen LogP contribution in [0.2, 0.25) is 0 Å². The quantitative estimate of drug-likeness (QED) is 0.0320. The highest BCUT2D eigenvalue weighted by molar-refractivity contribution is 5.76. The summed E-state index contributed by atoms with van der Waals surface area (Å²) in [4.78, 5) is 24.5. The molecule has 0 radical (unpaired) electrons. The van der Waals surface area contributed by atoms with Crippen molar-refractivity contribution in [2.75, 3.05) is 13.2 Å². The number of nitrogens with one attached hydrogen (secondary N) is 1. The molecule has 0 aromatic heterocycles. The Kier molecular flexibility index (Phi) is 65.9. The van der Waals surface area contributed by atoms with Gasteiger partial charge in [-0.1, -0.05) is 373 Å². The molecule has 0 saturated carbocycles. The lowest BCUT2D eigenvalue weighted by molar-refractivity contribution is -0.143. The number of aliphatic hydroxyl groups excluding tert-OH is 2. The molecule has 1 amide bonds. The van der Waals surface area contributed by atoms with Crippen LogP contribution in [0.3, 0.4) is 0 Å². The van der Waals surface area contributed by atoms with E-state index in [-0.39, 0.29) is 18.5 Å². The molecular weight excluding hydrogens is 947 g/mol. The van der Waals surface area contributed by atoms with E-state index in [1.807, 2.05) is 6.08 Å². The maximum Gasteiger partial charge on any atom is 0.305 e. The van der Waals surface area contributed by atoms with Crippen molar-refractivity contribution in [3.05, 3.63) is 12.2 Å². The Morgan fingerprint density at radius 2 is 0.597 bits per heavy atom. The number of rotatable bonds is 67. The van der Waals surface area contributed by atoms with Crippen LogP contribution in [-0.2, 0) is 14.3 Å². The van der Waals surface area contributed by atoms with Crippen LogP contribution in [0.4, 0.5) is 0 Å². The van der Waals surface area contributed by atoms with Crippen molar-refractivity contribution in [3.63, 3.8) is 0 Å². The second kappa shape index (κ2) is 67.1. The summed E-state index contributed by atoms with van der Waals surface area (Å²) in [6.45, 7) is 4.92. The highest BCUT2D eigenvalue weighted by Gasteiger charge is 2.18. The van der Waals surface area contributed by atoms with Crippen LogP contribution < -0.4 is 5.32 Å². The van der Waals surface area contributed by atoms with Gasteiger partial charge in [0.25, 0.3) is 0 Å². The molecule has 77 heavy (non-hydrogen) atoms. The van der Waals surface area contributed by atoms with Crippen molar-refractivity contribution in [2.45, 2.75) is 418 Å². The highest BCUT2D eigenvalue weighted by Crippen LogP contribution is 2.19. The summed E-state index contributed by atoms with van der Waals surface area (Å²) in [7, 11) is 0. The summed E-state index contributed by atoms with van der Waals surface area (Å²) >= 11 is 0. The predicted molar refractivity (Wildman–Crippen MR) is 338 cm³/mol. The molecule has 2 atom stereocenters. The van der Waals surface area contributed by atoms with Gasteiger partial charge in [-0.05, 0) is 32.1 Å². The van der Waals surface area contributed by atoms with E-state index in [4.69, 9.17) is 4.74 Å². The number of ether oxygens (including phenoxy) is 1. The molecule has 6 heteroatoms. The Morgan fingerprint density at radius 1 is 0.351 bits per heavy atom. The first kappa shape index (κ1) is 75.6. The minimum absolute atomic E-state index is 0.0254. The van der Waals surface area contributed by atoms with Gasteiger partial charge in [-0.2, -0.15) is 0 Å². The molecule has 0 fully saturated rings. The highest BCUT2D eigenvalue weighted by atomic mass is 16.5. The van der Waals surface area contributed by atoms with E-state index in [9.17, 15) is 19.8 Å². The van der Waals surface area contributed by atoms with Crippen LogP contribution in [0.15, 0.2) is 12.2 Å². The fourth-order valence-electron chi connectivity index (χ4n) is 11.4. The summed E-state index contributed by atoms with van der Waals surface area (Å²) < 4.78 is 5.49. The Hall–Kier alpha value is -1.40. The maximum atomic E-state index is 12.4. The lowest BCUT2D eigenvalue weighted by Crippen LogP contribution is -2.45. The topological polar surface area (TPSA) is 95.9 Å².